The Balaban J connectivity index is 1.42. The number of furan rings is 1. The molecule has 122 valence electrons. The smallest absolute Gasteiger partial charge is 0.257 e. The lowest BCUT2D eigenvalue weighted by atomic mass is 10.1. The molecule has 0 spiro atoms. The molecule has 0 saturated carbocycles. The van der Waals surface area contributed by atoms with E-state index in [2.05, 4.69) is 35.2 Å². The molecule has 1 saturated heterocycles. The van der Waals surface area contributed by atoms with E-state index in [-0.39, 0.29) is 5.91 Å². The minimum atomic E-state index is 0.0974. The Morgan fingerprint density at radius 3 is 2.48 bits per heavy atom. The van der Waals surface area contributed by atoms with Gasteiger partial charge >= 0.3 is 0 Å². The summed E-state index contributed by atoms with van der Waals surface area (Å²) in [6.45, 7) is 6.45. The largest absolute Gasteiger partial charge is 0.469 e. The van der Waals surface area contributed by atoms with Crippen molar-refractivity contribution in [2.24, 2.45) is 0 Å². The molecule has 1 fully saturated rings. The van der Waals surface area contributed by atoms with E-state index < -0.39 is 0 Å². The molecule has 0 N–H and O–H groups in total. The molecule has 0 aliphatic carbocycles. The van der Waals surface area contributed by atoms with Gasteiger partial charge in [-0.15, -0.1) is 0 Å². The average molecular weight is 312 g/mol. The van der Waals surface area contributed by atoms with Gasteiger partial charge in [0.25, 0.3) is 5.91 Å². The molecular formula is C19H24N2O2. The third kappa shape index (κ3) is 4.02. The van der Waals surface area contributed by atoms with Gasteiger partial charge in [0.05, 0.1) is 11.8 Å². The normalized spacial score (nSPS) is 15.8. The van der Waals surface area contributed by atoms with Gasteiger partial charge in [-0.3, -0.25) is 9.69 Å². The predicted octanol–water partition coefficient (Wildman–Crippen LogP) is 2.98. The number of hydrogen-bond donors (Lipinski definition) is 0. The number of aryl methyl sites for hydroxylation is 2. The van der Waals surface area contributed by atoms with Crippen LogP contribution in [0.5, 0.6) is 0 Å². The highest BCUT2D eigenvalue weighted by Crippen LogP contribution is 2.14. The number of amides is 1. The van der Waals surface area contributed by atoms with Crippen LogP contribution >= 0.6 is 0 Å². The Morgan fingerprint density at radius 2 is 1.83 bits per heavy atom. The number of benzene rings is 1. The van der Waals surface area contributed by atoms with E-state index in [9.17, 15) is 4.79 Å². The minimum absolute atomic E-state index is 0.0974. The van der Waals surface area contributed by atoms with Crippen LogP contribution in [0.2, 0.25) is 0 Å². The first-order chi connectivity index (χ1) is 11.2. The Morgan fingerprint density at radius 1 is 1.09 bits per heavy atom. The van der Waals surface area contributed by atoms with Crippen LogP contribution in [0.25, 0.3) is 0 Å². The van der Waals surface area contributed by atoms with Crippen LogP contribution in [0.1, 0.15) is 28.1 Å². The fourth-order valence-corrected chi connectivity index (χ4v) is 3.10. The Kier molecular flexibility index (Phi) is 5.13. The van der Waals surface area contributed by atoms with Crippen molar-refractivity contribution >= 4 is 5.91 Å². The predicted molar refractivity (Wildman–Crippen MR) is 90.6 cm³/mol. The van der Waals surface area contributed by atoms with Gasteiger partial charge in [0.2, 0.25) is 0 Å². The topological polar surface area (TPSA) is 36.7 Å². The molecule has 1 aliphatic rings. The molecule has 0 unspecified atom stereocenters. The van der Waals surface area contributed by atoms with E-state index in [1.54, 1.807) is 12.3 Å². The number of carbonyl (C=O) groups is 1. The van der Waals surface area contributed by atoms with Crippen molar-refractivity contribution in [2.75, 3.05) is 32.7 Å². The number of hydrogen-bond acceptors (Lipinski definition) is 3. The number of rotatable bonds is 5. The molecule has 2 aromatic rings. The maximum atomic E-state index is 12.4. The van der Waals surface area contributed by atoms with Crippen LogP contribution in [0, 0.1) is 6.92 Å². The van der Waals surface area contributed by atoms with Gasteiger partial charge in [0.1, 0.15) is 5.76 Å². The first-order valence-electron chi connectivity index (χ1n) is 8.33. The van der Waals surface area contributed by atoms with Gasteiger partial charge in [-0.1, -0.05) is 30.3 Å². The summed E-state index contributed by atoms with van der Waals surface area (Å²) in [7, 11) is 0. The molecule has 3 rings (SSSR count). The number of carbonyl (C=O) groups excluding carboxylic acids is 1. The first kappa shape index (κ1) is 15.8. The molecule has 23 heavy (non-hydrogen) atoms. The summed E-state index contributed by atoms with van der Waals surface area (Å²) in [5, 5.41) is 0. The quantitative estimate of drug-likeness (QED) is 0.851. The molecule has 1 amide bonds. The number of nitrogens with zero attached hydrogens (tertiary/aromatic N) is 2. The van der Waals surface area contributed by atoms with Crippen LogP contribution in [-0.4, -0.2) is 48.4 Å². The van der Waals surface area contributed by atoms with Crippen molar-refractivity contribution in [3.8, 4) is 0 Å². The highest BCUT2D eigenvalue weighted by Gasteiger charge is 2.23. The van der Waals surface area contributed by atoms with Crippen LogP contribution in [-0.2, 0) is 6.42 Å². The maximum Gasteiger partial charge on any atom is 0.257 e. The van der Waals surface area contributed by atoms with E-state index in [1.807, 2.05) is 11.8 Å². The molecule has 0 radical (unpaired) electrons. The van der Waals surface area contributed by atoms with Gasteiger partial charge < -0.3 is 9.32 Å². The lowest BCUT2D eigenvalue weighted by Crippen LogP contribution is -2.48. The Hall–Kier alpha value is -2.07. The van der Waals surface area contributed by atoms with Gasteiger partial charge in [-0.25, -0.2) is 0 Å². The lowest BCUT2D eigenvalue weighted by Gasteiger charge is -2.34. The van der Waals surface area contributed by atoms with Crippen LogP contribution in [0.15, 0.2) is 47.1 Å². The Bertz CT molecular complexity index is 628. The van der Waals surface area contributed by atoms with Crippen molar-refractivity contribution in [1.29, 1.82) is 0 Å². The first-order valence-corrected chi connectivity index (χ1v) is 8.33. The standard InChI is InChI=1S/C19H24N2O2/c1-16-18(9-15-23-16)19(22)21-13-11-20(12-14-21)10-5-8-17-6-3-2-4-7-17/h2-4,6-7,9,15H,5,8,10-14H2,1H3. The summed E-state index contributed by atoms with van der Waals surface area (Å²) in [6.07, 6.45) is 3.87. The molecular weight excluding hydrogens is 288 g/mol. The summed E-state index contributed by atoms with van der Waals surface area (Å²) in [6, 6.07) is 12.4. The Labute approximate surface area is 137 Å². The second-order valence-electron chi connectivity index (χ2n) is 6.11. The van der Waals surface area contributed by atoms with Gasteiger partial charge in [0, 0.05) is 26.2 Å². The summed E-state index contributed by atoms with van der Waals surface area (Å²) < 4.78 is 5.23. The van der Waals surface area contributed by atoms with E-state index in [0.29, 0.717) is 11.3 Å². The maximum absolute atomic E-state index is 12.4. The fourth-order valence-electron chi connectivity index (χ4n) is 3.10. The highest BCUT2D eigenvalue weighted by atomic mass is 16.3. The van der Waals surface area contributed by atoms with E-state index in [4.69, 9.17) is 4.42 Å². The third-order valence-electron chi connectivity index (χ3n) is 4.53. The van der Waals surface area contributed by atoms with E-state index >= 15 is 0 Å². The molecule has 1 aromatic heterocycles. The van der Waals surface area contributed by atoms with Gasteiger partial charge in [-0.05, 0) is 37.9 Å². The molecule has 0 bridgehead atoms. The third-order valence-corrected chi connectivity index (χ3v) is 4.53. The van der Waals surface area contributed by atoms with E-state index in [0.717, 1.165) is 39.1 Å². The second-order valence-corrected chi connectivity index (χ2v) is 6.11. The summed E-state index contributed by atoms with van der Waals surface area (Å²) in [4.78, 5) is 16.8. The summed E-state index contributed by atoms with van der Waals surface area (Å²) in [5.41, 5.74) is 2.10. The average Bonchev–Trinajstić information content (AvgIpc) is 3.02. The molecule has 1 aromatic carbocycles. The van der Waals surface area contributed by atoms with Gasteiger partial charge in [-0.2, -0.15) is 0 Å². The zero-order chi connectivity index (χ0) is 16.1. The van der Waals surface area contributed by atoms with Gasteiger partial charge in [0.15, 0.2) is 0 Å². The monoisotopic (exact) mass is 312 g/mol. The summed E-state index contributed by atoms with van der Waals surface area (Å²) in [5.74, 6) is 0.806. The van der Waals surface area contributed by atoms with Crippen LogP contribution in [0.4, 0.5) is 0 Å². The van der Waals surface area contributed by atoms with Crippen molar-refractivity contribution < 1.29 is 9.21 Å². The van der Waals surface area contributed by atoms with Crippen molar-refractivity contribution in [1.82, 2.24) is 9.80 Å². The van der Waals surface area contributed by atoms with Crippen molar-refractivity contribution in [3.05, 3.63) is 59.5 Å². The highest BCUT2D eigenvalue weighted by molar-refractivity contribution is 5.95. The minimum Gasteiger partial charge on any atom is -0.469 e. The molecule has 2 heterocycles. The zero-order valence-corrected chi connectivity index (χ0v) is 13.7. The van der Waals surface area contributed by atoms with E-state index in [1.165, 1.54) is 12.0 Å². The van der Waals surface area contributed by atoms with Crippen LogP contribution < -0.4 is 0 Å². The summed E-state index contributed by atoms with van der Waals surface area (Å²) >= 11 is 0. The molecule has 1 aliphatic heterocycles. The number of piperazine rings is 1. The lowest BCUT2D eigenvalue weighted by molar-refractivity contribution is 0.0634. The molecule has 0 atom stereocenters. The SMILES string of the molecule is Cc1occc1C(=O)N1CCN(CCCc2ccccc2)CC1. The van der Waals surface area contributed by atoms with Crippen molar-refractivity contribution in [2.45, 2.75) is 19.8 Å². The zero-order valence-electron chi connectivity index (χ0n) is 13.7. The fraction of sp³-hybridized carbons (Fsp3) is 0.421. The molecule has 4 heteroatoms. The molecule has 4 nitrogen and oxygen atoms in total. The van der Waals surface area contributed by atoms with Crippen molar-refractivity contribution in [3.63, 3.8) is 0 Å². The second kappa shape index (κ2) is 7.47. The van der Waals surface area contributed by atoms with Crippen LogP contribution in [0.3, 0.4) is 0 Å².